The molecule has 3 aromatic rings. The van der Waals surface area contributed by atoms with E-state index in [4.69, 9.17) is 33.7 Å². The predicted molar refractivity (Wildman–Crippen MR) is 127 cm³/mol. The number of halogens is 2. The van der Waals surface area contributed by atoms with E-state index in [1.165, 1.54) is 11.3 Å². The number of thiazole rings is 1. The molecule has 0 radical (unpaired) electrons. The predicted octanol–water partition coefficient (Wildman–Crippen LogP) is 5.91. The van der Waals surface area contributed by atoms with Crippen molar-refractivity contribution in [2.45, 2.75) is 25.5 Å². The number of carbonyl (C=O) groups excluding carboxylic acids is 1. The van der Waals surface area contributed by atoms with Crippen molar-refractivity contribution in [3.8, 4) is 10.4 Å². The Morgan fingerprint density at radius 3 is 2.45 bits per heavy atom. The molecular formula is C22H22Cl2N4O2S. The van der Waals surface area contributed by atoms with E-state index in [1.54, 1.807) is 29.3 Å². The summed E-state index contributed by atoms with van der Waals surface area (Å²) in [5.74, 6) is 0. The molecule has 0 atom stereocenters. The van der Waals surface area contributed by atoms with Gasteiger partial charge in [0.15, 0.2) is 5.13 Å². The molecular weight excluding hydrogens is 455 g/mol. The molecule has 1 amide bonds. The summed E-state index contributed by atoms with van der Waals surface area (Å²) in [6.07, 6.45) is 3.18. The van der Waals surface area contributed by atoms with Crippen molar-refractivity contribution in [2.24, 2.45) is 0 Å². The van der Waals surface area contributed by atoms with Crippen molar-refractivity contribution in [2.75, 3.05) is 24.1 Å². The number of nitrogens with zero attached hydrogens (tertiary/aromatic N) is 2. The lowest BCUT2D eigenvalue weighted by Gasteiger charge is -2.32. The molecule has 1 aliphatic rings. The number of nitrogens with one attached hydrogen (secondary N) is 1. The number of nitrogens with two attached hydrogens (primary N) is 1. The third-order valence-electron chi connectivity index (χ3n) is 5.10. The van der Waals surface area contributed by atoms with E-state index in [0.29, 0.717) is 34.3 Å². The van der Waals surface area contributed by atoms with Crippen LogP contribution >= 0.6 is 34.5 Å². The topological polar surface area (TPSA) is 80.5 Å². The molecule has 0 unspecified atom stereocenters. The highest BCUT2D eigenvalue weighted by Crippen LogP contribution is 2.28. The van der Waals surface area contributed by atoms with Gasteiger partial charge in [-0.3, -0.25) is 0 Å². The van der Waals surface area contributed by atoms with Crippen LogP contribution in [-0.4, -0.2) is 35.1 Å². The van der Waals surface area contributed by atoms with Gasteiger partial charge in [0.25, 0.3) is 0 Å². The second kappa shape index (κ2) is 9.77. The van der Waals surface area contributed by atoms with Crippen LogP contribution in [-0.2, 0) is 11.3 Å². The SMILES string of the molecule is Nc1ncc(-c2ccc(NC3CCN(C(=O)OCc4cc(Cl)cc(Cl)c4)CC3)cc2)s1. The van der Waals surface area contributed by atoms with Gasteiger partial charge in [0, 0.05) is 41.1 Å². The average molecular weight is 477 g/mol. The highest BCUT2D eigenvalue weighted by molar-refractivity contribution is 7.18. The molecule has 6 nitrogen and oxygen atoms in total. The number of anilines is 2. The minimum Gasteiger partial charge on any atom is -0.445 e. The highest BCUT2D eigenvalue weighted by Gasteiger charge is 2.23. The summed E-state index contributed by atoms with van der Waals surface area (Å²) in [7, 11) is 0. The number of rotatable bonds is 5. The Morgan fingerprint density at radius 2 is 1.84 bits per heavy atom. The van der Waals surface area contributed by atoms with Gasteiger partial charge in [-0.25, -0.2) is 9.78 Å². The van der Waals surface area contributed by atoms with Crippen LogP contribution in [0.4, 0.5) is 15.6 Å². The number of hydrogen-bond acceptors (Lipinski definition) is 6. The number of hydrogen-bond donors (Lipinski definition) is 2. The van der Waals surface area contributed by atoms with Gasteiger partial charge in [0.1, 0.15) is 6.61 Å². The number of nitrogen functional groups attached to an aromatic ring is 1. The Kier molecular flexibility index (Phi) is 6.85. The van der Waals surface area contributed by atoms with Crippen molar-refractivity contribution < 1.29 is 9.53 Å². The smallest absolute Gasteiger partial charge is 0.410 e. The molecule has 1 saturated heterocycles. The molecule has 2 heterocycles. The van der Waals surface area contributed by atoms with Gasteiger partial charge >= 0.3 is 6.09 Å². The van der Waals surface area contributed by atoms with Crippen molar-refractivity contribution in [1.29, 1.82) is 0 Å². The maximum absolute atomic E-state index is 12.4. The van der Waals surface area contributed by atoms with Crippen LogP contribution in [0.3, 0.4) is 0 Å². The lowest BCUT2D eigenvalue weighted by atomic mass is 10.0. The number of aromatic nitrogens is 1. The van der Waals surface area contributed by atoms with Gasteiger partial charge in [-0.1, -0.05) is 46.7 Å². The van der Waals surface area contributed by atoms with E-state index in [2.05, 4.69) is 34.6 Å². The zero-order valence-corrected chi connectivity index (χ0v) is 19.0. The summed E-state index contributed by atoms with van der Waals surface area (Å²) in [4.78, 5) is 19.3. The minimum atomic E-state index is -0.317. The third-order valence-corrected chi connectivity index (χ3v) is 6.41. The van der Waals surface area contributed by atoms with Crippen molar-refractivity contribution >= 4 is 51.5 Å². The molecule has 0 spiro atoms. The molecule has 0 saturated carbocycles. The summed E-state index contributed by atoms with van der Waals surface area (Å²) in [5, 5.41) is 5.16. The summed E-state index contributed by atoms with van der Waals surface area (Å²) in [6, 6.07) is 13.7. The molecule has 1 aromatic heterocycles. The van der Waals surface area contributed by atoms with Crippen molar-refractivity contribution in [3.05, 3.63) is 64.3 Å². The van der Waals surface area contributed by atoms with Gasteiger partial charge < -0.3 is 20.7 Å². The van der Waals surface area contributed by atoms with E-state index >= 15 is 0 Å². The van der Waals surface area contributed by atoms with Crippen LogP contribution in [0.15, 0.2) is 48.7 Å². The third kappa shape index (κ3) is 5.81. The van der Waals surface area contributed by atoms with Crippen molar-refractivity contribution in [1.82, 2.24) is 9.88 Å². The Bertz CT molecular complexity index is 1030. The molecule has 31 heavy (non-hydrogen) atoms. The first-order valence-corrected chi connectivity index (χ1v) is 11.5. The second-order valence-electron chi connectivity index (χ2n) is 7.38. The Balaban J connectivity index is 1.24. The highest BCUT2D eigenvalue weighted by atomic mass is 35.5. The molecule has 162 valence electrons. The standard InChI is InChI=1S/C22H22Cl2N4O2S/c23-16-9-14(10-17(24)11-16)13-30-22(29)28-7-5-19(6-8-28)27-18-3-1-15(2-4-18)20-12-26-21(25)31-20/h1-4,9-12,19,27H,5-8,13H2,(H2,25,26). The molecule has 4 rings (SSSR count). The largest absolute Gasteiger partial charge is 0.445 e. The maximum Gasteiger partial charge on any atom is 0.410 e. The minimum absolute atomic E-state index is 0.148. The number of amides is 1. The van der Waals surface area contributed by atoms with Crippen LogP contribution in [0.1, 0.15) is 18.4 Å². The molecule has 0 bridgehead atoms. The van der Waals surface area contributed by atoms with Crippen LogP contribution < -0.4 is 11.1 Å². The van der Waals surface area contributed by atoms with Gasteiger partial charge in [0.05, 0.1) is 4.88 Å². The van der Waals surface area contributed by atoms with Gasteiger partial charge in [-0.05, 0) is 54.3 Å². The molecule has 2 aromatic carbocycles. The summed E-state index contributed by atoms with van der Waals surface area (Å²) < 4.78 is 5.42. The molecule has 1 fully saturated rings. The van der Waals surface area contributed by atoms with E-state index < -0.39 is 0 Å². The zero-order valence-electron chi connectivity index (χ0n) is 16.7. The van der Waals surface area contributed by atoms with E-state index in [-0.39, 0.29) is 12.7 Å². The second-order valence-corrected chi connectivity index (χ2v) is 9.31. The molecule has 1 aliphatic heterocycles. The number of ether oxygens (including phenoxy) is 1. The number of likely N-dealkylation sites (tertiary alicyclic amines) is 1. The fraction of sp³-hybridized carbons (Fsp3) is 0.273. The van der Waals surface area contributed by atoms with Gasteiger partial charge in [-0.15, -0.1) is 0 Å². The Hall–Kier alpha value is -2.48. The number of piperidine rings is 1. The summed E-state index contributed by atoms with van der Waals surface area (Å²) >= 11 is 13.4. The lowest BCUT2D eigenvalue weighted by molar-refractivity contribution is 0.0882. The lowest BCUT2D eigenvalue weighted by Crippen LogP contribution is -2.42. The van der Waals surface area contributed by atoms with Crippen LogP contribution in [0.25, 0.3) is 10.4 Å². The van der Waals surface area contributed by atoms with E-state index in [0.717, 1.165) is 34.5 Å². The summed E-state index contributed by atoms with van der Waals surface area (Å²) in [5.41, 5.74) is 8.63. The first kappa shape index (κ1) is 21.7. The normalized spacial score (nSPS) is 14.5. The number of carbonyl (C=O) groups is 1. The van der Waals surface area contributed by atoms with Crippen LogP contribution in [0, 0.1) is 0 Å². The van der Waals surface area contributed by atoms with Crippen molar-refractivity contribution in [3.63, 3.8) is 0 Å². The quantitative estimate of drug-likeness (QED) is 0.478. The molecule has 0 aliphatic carbocycles. The van der Waals surface area contributed by atoms with Crippen LogP contribution in [0.2, 0.25) is 10.0 Å². The fourth-order valence-corrected chi connectivity index (χ4v) is 4.79. The molecule has 3 N–H and O–H groups in total. The van der Waals surface area contributed by atoms with E-state index in [9.17, 15) is 4.79 Å². The fourth-order valence-electron chi connectivity index (χ4n) is 3.52. The Labute approximate surface area is 194 Å². The first-order chi connectivity index (χ1) is 15.0. The first-order valence-electron chi connectivity index (χ1n) is 9.91. The van der Waals surface area contributed by atoms with Crippen LogP contribution in [0.5, 0.6) is 0 Å². The Morgan fingerprint density at radius 1 is 1.16 bits per heavy atom. The average Bonchev–Trinajstić information content (AvgIpc) is 3.19. The van der Waals surface area contributed by atoms with E-state index in [1.807, 2.05) is 0 Å². The summed E-state index contributed by atoms with van der Waals surface area (Å²) in [6.45, 7) is 1.44. The molecule has 9 heteroatoms. The monoisotopic (exact) mass is 476 g/mol. The maximum atomic E-state index is 12.4. The number of benzene rings is 2. The van der Waals surface area contributed by atoms with Gasteiger partial charge in [-0.2, -0.15) is 0 Å². The zero-order chi connectivity index (χ0) is 21.8. The van der Waals surface area contributed by atoms with Gasteiger partial charge in [0.2, 0.25) is 0 Å².